The number of ether oxygens (including phenoxy) is 1. The van der Waals surface area contributed by atoms with Crippen LogP contribution in [-0.2, 0) is 4.79 Å². The highest BCUT2D eigenvalue weighted by Crippen LogP contribution is 2.30. The molecule has 0 spiro atoms. The number of amides is 3. The first-order chi connectivity index (χ1) is 13.4. The lowest BCUT2D eigenvalue weighted by Crippen LogP contribution is -2.23. The largest absolute Gasteiger partial charge is 0.496 e. The molecular formula is C19H19FN4O4. The van der Waals surface area contributed by atoms with Crippen molar-refractivity contribution in [3.05, 3.63) is 47.4 Å². The molecule has 1 aromatic heterocycles. The van der Waals surface area contributed by atoms with E-state index >= 15 is 0 Å². The van der Waals surface area contributed by atoms with Gasteiger partial charge >= 0.3 is 0 Å². The van der Waals surface area contributed by atoms with Crippen molar-refractivity contribution in [3.63, 3.8) is 0 Å². The van der Waals surface area contributed by atoms with Gasteiger partial charge in [0.15, 0.2) is 0 Å². The number of carbonyl (C=O) groups is 3. The molecule has 2 aromatic rings. The molecule has 1 fully saturated rings. The van der Waals surface area contributed by atoms with E-state index in [1.54, 1.807) is 0 Å². The Morgan fingerprint density at radius 1 is 1.11 bits per heavy atom. The summed E-state index contributed by atoms with van der Waals surface area (Å²) in [7, 11) is 2.80. The van der Waals surface area contributed by atoms with Crippen LogP contribution in [0.2, 0.25) is 0 Å². The monoisotopic (exact) mass is 386 g/mol. The van der Waals surface area contributed by atoms with E-state index in [0.29, 0.717) is 0 Å². The van der Waals surface area contributed by atoms with E-state index in [1.165, 1.54) is 38.6 Å². The van der Waals surface area contributed by atoms with Crippen molar-refractivity contribution in [2.75, 3.05) is 24.8 Å². The first kappa shape index (κ1) is 19.3. The predicted molar refractivity (Wildman–Crippen MR) is 99.9 cm³/mol. The van der Waals surface area contributed by atoms with Gasteiger partial charge in [0, 0.05) is 25.2 Å². The standard InChI is InChI=1S/C19H19FN4O4/c1-21-18(26)13-9-22-16(24-17(25)10-3-4-10)8-14(13)23-19(27)12-7-11(20)5-6-15(12)28-2/h5-10H,3-4H2,1-2H3,(H,21,26)(H2,22,23,24,25,27). The highest BCUT2D eigenvalue weighted by atomic mass is 19.1. The fourth-order valence-electron chi connectivity index (χ4n) is 2.56. The van der Waals surface area contributed by atoms with Crippen LogP contribution in [0.25, 0.3) is 0 Å². The van der Waals surface area contributed by atoms with Gasteiger partial charge in [-0.1, -0.05) is 0 Å². The lowest BCUT2D eigenvalue weighted by Gasteiger charge is -2.13. The number of anilines is 2. The highest BCUT2D eigenvalue weighted by Gasteiger charge is 2.30. The molecule has 1 heterocycles. The summed E-state index contributed by atoms with van der Waals surface area (Å²) >= 11 is 0. The van der Waals surface area contributed by atoms with Crippen LogP contribution in [0.15, 0.2) is 30.5 Å². The van der Waals surface area contributed by atoms with Gasteiger partial charge in [0.05, 0.1) is 23.9 Å². The summed E-state index contributed by atoms with van der Waals surface area (Å²) < 4.78 is 18.7. The Labute approximate surface area is 160 Å². The molecule has 0 atom stereocenters. The topological polar surface area (TPSA) is 109 Å². The number of halogens is 1. The third-order valence-corrected chi connectivity index (χ3v) is 4.23. The molecule has 3 rings (SSSR count). The summed E-state index contributed by atoms with van der Waals surface area (Å²) in [4.78, 5) is 40.8. The van der Waals surface area contributed by atoms with E-state index in [2.05, 4.69) is 20.9 Å². The summed E-state index contributed by atoms with van der Waals surface area (Å²) in [6.07, 6.45) is 2.90. The number of benzene rings is 1. The van der Waals surface area contributed by atoms with E-state index in [-0.39, 0.29) is 40.2 Å². The predicted octanol–water partition coefficient (Wildman–Crippen LogP) is 2.19. The van der Waals surface area contributed by atoms with Gasteiger partial charge in [0.1, 0.15) is 17.4 Å². The van der Waals surface area contributed by atoms with Crippen LogP contribution in [-0.4, -0.2) is 36.9 Å². The van der Waals surface area contributed by atoms with E-state index in [1.807, 2.05) is 0 Å². The van der Waals surface area contributed by atoms with Gasteiger partial charge in [-0.05, 0) is 31.0 Å². The van der Waals surface area contributed by atoms with Crippen LogP contribution in [0.5, 0.6) is 5.75 Å². The summed E-state index contributed by atoms with van der Waals surface area (Å²) in [6, 6.07) is 4.92. The maximum absolute atomic E-state index is 13.6. The minimum absolute atomic E-state index is 0.0324. The van der Waals surface area contributed by atoms with Gasteiger partial charge in [-0.3, -0.25) is 14.4 Å². The van der Waals surface area contributed by atoms with Crippen LogP contribution < -0.4 is 20.7 Å². The Morgan fingerprint density at radius 2 is 1.86 bits per heavy atom. The van der Waals surface area contributed by atoms with Crippen LogP contribution in [0.1, 0.15) is 33.6 Å². The SMILES string of the molecule is CNC(=O)c1cnc(NC(=O)C2CC2)cc1NC(=O)c1cc(F)ccc1OC. The average molecular weight is 386 g/mol. The van der Waals surface area contributed by atoms with E-state index in [4.69, 9.17) is 4.74 Å². The number of hydrogen-bond acceptors (Lipinski definition) is 5. The number of rotatable bonds is 6. The second kappa shape index (κ2) is 8.03. The molecular weight excluding hydrogens is 367 g/mol. The summed E-state index contributed by atoms with van der Waals surface area (Å²) in [5.74, 6) is -1.58. The Balaban J connectivity index is 1.91. The number of aromatic nitrogens is 1. The molecule has 146 valence electrons. The minimum atomic E-state index is -0.674. The molecule has 0 saturated heterocycles. The Morgan fingerprint density at radius 3 is 2.50 bits per heavy atom. The van der Waals surface area contributed by atoms with Crippen LogP contribution in [0, 0.1) is 11.7 Å². The lowest BCUT2D eigenvalue weighted by molar-refractivity contribution is -0.117. The van der Waals surface area contributed by atoms with Crippen molar-refractivity contribution >= 4 is 29.2 Å². The van der Waals surface area contributed by atoms with Crippen molar-refractivity contribution in [2.24, 2.45) is 5.92 Å². The normalized spacial score (nSPS) is 12.8. The highest BCUT2D eigenvalue weighted by molar-refractivity contribution is 6.10. The third-order valence-electron chi connectivity index (χ3n) is 4.23. The summed E-state index contributed by atoms with van der Waals surface area (Å²) in [5.41, 5.74) is 0.179. The number of pyridine rings is 1. The molecule has 1 saturated carbocycles. The lowest BCUT2D eigenvalue weighted by atomic mass is 10.1. The minimum Gasteiger partial charge on any atom is -0.496 e. The van der Waals surface area contributed by atoms with Gasteiger partial charge in [-0.15, -0.1) is 0 Å². The molecule has 8 nitrogen and oxygen atoms in total. The maximum atomic E-state index is 13.6. The van der Waals surface area contributed by atoms with E-state index in [0.717, 1.165) is 18.9 Å². The second-order valence-corrected chi connectivity index (χ2v) is 6.26. The maximum Gasteiger partial charge on any atom is 0.259 e. The molecule has 0 aliphatic heterocycles. The number of nitrogens with zero attached hydrogens (tertiary/aromatic N) is 1. The Bertz CT molecular complexity index is 944. The summed E-state index contributed by atoms with van der Waals surface area (Å²) in [6.45, 7) is 0. The zero-order valence-electron chi connectivity index (χ0n) is 15.3. The van der Waals surface area contributed by atoms with E-state index in [9.17, 15) is 18.8 Å². The molecule has 0 bridgehead atoms. The van der Waals surface area contributed by atoms with E-state index < -0.39 is 17.6 Å². The van der Waals surface area contributed by atoms with Gasteiger partial charge in [-0.2, -0.15) is 0 Å². The molecule has 3 amide bonds. The number of carbonyl (C=O) groups excluding carboxylic acids is 3. The van der Waals surface area contributed by atoms with Gasteiger partial charge in [0.2, 0.25) is 5.91 Å². The quantitative estimate of drug-likeness (QED) is 0.705. The molecule has 1 aliphatic rings. The number of hydrogen-bond donors (Lipinski definition) is 3. The molecule has 28 heavy (non-hydrogen) atoms. The third kappa shape index (κ3) is 4.25. The fraction of sp³-hybridized carbons (Fsp3) is 0.263. The fourth-order valence-corrected chi connectivity index (χ4v) is 2.56. The number of methoxy groups -OCH3 is 1. The molecule has 9 heteroatoms. The summed E-state index contributed by atoms with van der Waals surface area (Å²) in [5, 5.41) is 7.67. The smallest absolute Gasteiger partial charge is 0.259 e. The second-order valence-electron chi connectivity index (χ2n) is 6.26. The van der Waals surface area contributed by atoms with Crippen molar-refractivity contribution < 1.29 is 23.5 Å². The molecule has 3 N–H and O–H groups in total. The van der Waals surface area contributed by atoms with Crippen molar-refractivity contribution in [2.45, 2.75) is 12.8 Å². The first-order valence-corrected chi connectivity index (χ1v) is 8.60. The number of nitrogens with one attached hydrogen (secondary N) is 3. The van der Waals surface area contributed by atoms with Crippen molar-refractivity contribution in [1.82, 2.24) is 10.3 Å². The van der Waals surface area contributed by atoms with Crippen molar-refractivity contribution in [1.29, 1.82) is 0 Å². The van der Waals surface area contributed by atoms with Crippen LogP contribution in [0.4, 0.5) is 15.9 Å². The molecule has 0 radical (unpaired) electrons. The average Bonchev–Trinajstić information content (AvgIpc) is 3.53. The Kier molecular flexibility index (Phi) is 5.53. The zero-order valence-corrected chi connectivity index (χ0v) is 15.3. The zero-order chi connectivity index (χ0) is 20.3. The first-order valence-electron chi connectivity index (χ1n) is 8.60. The van der Waals surface area contributed by atoms with Crippen LogP contribution >= 0.6 is 0 Å². The van der Waals surface area contributed by atoms with Crippen molar-refractivity contribution in [3.8, 4) is 5.75 Å². The molecule has 1 aliphatic carbocycles. The molecule has 1 aromatic carbocycles. The Hall–Kier alpha value is -3.49. The van der Waals surface area contributed by atoms with Crippen LogP contribution in [0.3, 0.4) is 0 Å². The molecule has 0 unspecified atom stereocenters. The van der Waals surface area contributed by atoms with Gasteiger partial charge in [0.25, 0.3) is 11.8 Å². The van der Waals surface area contributed by atoms with Gasteiger partial charge in [-0.25, -0.2) is 9.37 Å². The van der Waals surface area contributed by atoms with Gasteiger partial charge < -0.3 is 20.7 Å².